The molecule has 1 aromatic heterocycles. The molecule has 0 aliphatic heterocycles. The summed E-state index contributed by atoms with van der Waals surface area (Å²) in [5, 5.41) is 9.08. The lowest BCUT2D eigenvalue weighted by atomic mass is 9.97. The Kier molecular flexibility index (Phi) is 2.01. The summed E-state index contributed by atoms with van der Waals surface area (Å²) in [4.78, 5) is 3.36. The van der Waals surface area contributed by atoms with Gasteiger partial charge in [-0.15, -0.1) is 0 Å². The first kappa shape index (κ1) is 10.9. The van der Waals surface area contributed by atoms with Gasteiger partial charge in [-0.1, -0.05) is 48.5 Å². The lowest BCUT2D eigenvalue weighted by Crippen LogP contribution is -1.81. The maximum Gasteiger partial charge on any atom is 0.0533 e. The molecule has 0 amide bonds. The van der Waals surface area contributed by atoms with Crippen LogP contribution in [0.1, 0.15) is 0 Å². The Balaban J connectivity index is 2.04. The number of hydrogen-bond donors (Lipinski definition) is 1. The molecule has 1 heterocycles. The molecule has 0 saturated carbocycles. The summed E-state index contributed by atoms with van der Waals surface area (Å²) < 4.78 is 0. The first-order valence-corrected chi connectivity index (χ1v) is 7.21. The maximum atomic E-state index is 3.36. The lowest BCUT2D eigenvalue weighted by molar-refractivity contribution is 1.49. The zero-order valence-corrected chi connectivity index (χ0v) is 11.4. The molecule has 0 aliphatic carbocycles. The van der Waals surface area contributed by atoms with Gasteiger partial charge in [0.25, 0.3) is 0 Å². The number of benzene rings is 4. The van der Waals surface area contributed by atoms with Crippen molar-refractivity contribution in [2.24, 2.45) is 0 Å². The van der Waals surface area contributed by atoms with Crippen molar-refractivity contribution >= 4 is 43.2 Å². The number of aromatic nitrogens is 1. The molecule has 1 nitrogen and oxygen atoms in total. The van der Waals surface area contributed by atoms with E-state index in [1.54, 1.807) is 0 Å². The zero-order valence-electron chi connectivity index (χ0n) is 11.4. The predicted octanol–water partition coefficient (Wildman–Crippen LogP) is 5.63. The van der Waals surface area contributed by atoms with E-state index >= 15 is 0 Å². The first-order valence-electron chi connectivity index (χ1n) is 7.21. The summed E-state index contributed by atoms with van der Waals surface area (Å²) in [7, 11) is 0. The van der Waals surface area contributed by atoms with Crippen LogP contribution in [0.5, 0.6) is 0 Å². The van der Waals surface area contributed by atoms with Gasteiger partial charge in [-0.2, -0.15) is 0 Å². The van der Waals surface area contributed by atoms with Gasteiger partial charge in [-0.05, 0) is 45.1 Å². The van der Waals surface area contributed by atoms with E-state index < -0.39 is 0 Å². The number of aromatic amines is 1. The van der Waals surface area contributed by atoms with Gasteiger partial charge in [0.1, 0.15) is 0 Å². The second-order valence-electron chi connectivity index (χ2n) is 5.59. The quantitative estimate of drug-likeness (QED) is 0.276. The average molecular weight is 267 g/mol. The first-order chi connectivity index (χ1) is 10.4. The minimum absolute atomic E-state index is 1.22. The molecular weight excluding hydrogens is 254 g/mol. The summed E-state index contributed by atoms with van der Waals surface area (Å²) in [5.41, 5.74) is 1.22. The summed E-state index contributed by atoms with van der Waals surface area (Å²) in [6.45, 7) is 0. The fourth-order valence-electron chi connectivity index (χ4n) is 3.36. The summed E-state index contributed by atoms with van der Waals surface area (Å²) in [6, 6.07) is 24.2. The SMILES string of the molecule is c1ccc2cc3c(ccc4c3ccc3cc[nH]c34)cc2c1. The van der Waals surface area contributed by atoms with Crippen LogP contribution in [0, 0.1) is 0 Å². The molecule has 0 fully saturated rings. The summed E-state index contributed by atoms with van der Waals surface area (Å²) in [5.74, 6) is 0. The molecule has 0 radical (unpaired) electrons. The van der Waals surface area contributed by atoms with Crippen molar-refractivity contribution in [2.75, 3.05) is 0 Å². The highest BCUT2D eigenvalue weighted by atomic mass is 14.7. The van der Waals surface area contributed by atoms with Crippen molar-refractivity contribution in [1.29, 1.82) is 0 Å². The molecular formula is C20H13N. The van der Waals surface area contributed by atoms with Crippen LogP contribution in [0.2, 0.25) is 0 Å². The molecule has 0 saturated heterocycles. The number of fused-ring (bicyclic) bond motifs is 6. The van der Waals surface area contributed by atoms with E-state index in [0.29, 0.717) is 0 Å². The largest absolute Gasteiger partial charge is 0.361 e. The Morgan fingerprint density at radius 3 is 2.19 bits per heavy atom. The van der Waals surface area contributed by atoms with E-state index in [1.165, 1.54) is 43.2 Å². The van der Waals surface area contributed by atoms with Gasteiger partial charge in [-0.25, -0.2) is 0 Å². The Morgan fingerprint density at radius 1 is 0.524 bits per heavy atom. The van der Waals surface area contributed by atoms with Gasteiger partial charge in [0.2, 0.25) is 0 Å². The topological polar surface area (TPSA) is 15.8 Å². The van der Waals surface area contributed by atoms with Gasteiger partial charge >= 0.3 is 0 Å². The second-order valence-corrected chi connectivity index (χ2v) is 5.59. The minimum Gasteiger partial charge on any atom is -0.361 e. The molecule has 0 unspecified atom stereocenters. The van der Waals surface area contributed by atoms with Crippen molar-refractivity contribution in [3.63, 3.8) is 0 Å². The van der Waals surface area contributed by atoms with E-state index in [4.69, 9.17) is 0 Å². The molecule has 5 rings (SSSR count). The molecule has 4 aromatic carbocycles. The van der Waals surface area contributed by atoms with E-state index in [2.05, 4.69) is 71.7 Å². The normalized spacial score (nSPS) is 11.8. The molecule has 1 heteroatoms. The smallest absolute Gasteiger partial charge is 0.0533 e. The highest BCUT2D eigenvalue weighted by Crippen LogP contribution is 2.32. The van der Waals surface area contributed by atoms with Crippen LogP contribution in [-0.2, 0) is 0 Å². The van der Waals surface area contributed by atoms with E-state index in [0.717, 1.165) is 0 Å². The van der Waals surface area contributed by atoms with Crippen molar-refractivity contribution in [3.05, 3.63) is 72.9 Å². The van der Waals surface area contributed by atoms with E-state index in [9.17, 15) is 0 Å². The number of rotatable bonds is 0. The van der Waals surface area contributed by atoms with Crippen molar-refractivity contribution < 1.29 is 0 Å². The molecule has 0 atom stereocenters. The van der Waals surface area contributed by atoms with Crippen LogP contribution in [0.4, 0.5) is 0 Å². The molecule has 98 valence electrons. The van der Waals surface area contributed by atoms with Crippen LogP contribution >= 0.6 is 0 Å². The van der Waals surface area contributed by atoms with Crippen molar-refractivity contribution in [2.45, 2.75) is 0 Å². The number of hydrogen-bond acceptors (Lipinski definition) is 0. The average Bonchev–Trinajstić information content (AvgIpc) is 3.01. The fraction of sp³-hybridized carbons (Fsp3) is 0. The second kappa shape index (κ2) is 3.86. The van der Waals surface area contributed by atoms with Gasteiger partial charge in [0.15, 0.2) is 0 Å². The van der Waals surface area contributed by atoms with Crippen LogP contribution in [0.15, 0.2) is 72.9 Å². The van der Waals surface area contributed by atoms with Crippen LogP contribution in [0.3, 0.4) is 0 Å². The van der Waals surface area contributed by atoms with Gasteiger partial charge in [0.05, 0.1) is 5.52 Å². The van der Waals surface area contributed by atoms with Crippen LogP contribution in [0.25, 0.3) is 43.2 Å². The Labute approximate surface area is 121 Å². The Hall–Kier alpha value is -2.80. The monoisotopic (exact) mass is 267 g/mol. The summed E-state index contributed by atoms with van der Waals surface area (Å²) in [6.07, 6.45) is 2.01. The van der Waals surface area contributed by atoms with Gasteiger partial charge < -0.3 is 4.98 Å². The number of nitrogens with one attached hydrogen (secondary N) is 1. The highest BCUT2D eigenvalue weighted by Gasteiger charge is 2.06. The Morgan fingerprint density at radius 2 is 1.29 bits per heavy atom. The van der Waals surface area contributed by atoms with E-state index in [-0.39, 0.29) is 0 Å². The van der Waals surface area contributed by atoms with Crippen LogP contribution < -0.4 is 0 Å². The van der Waals surface area contributed by atoms with Crippen molar-refractivity contribution in [3.8, 4) is 0 Å². The predicted molar refractivity (Wildman–Crippen MR) is 90.8 cm³/mol. The summed E-state index contributed by atoms with van der Waals surface area (Å²) >= 11 is 0. The number of H-pyrrole nitrogens is 1. The van der Waals surface area contributed by atoms with Gasteiger partial charge in [0, 0.05) is 17.0 Å². The highest BCUT2D eigenvalue weighted by molar-refractivity contribution is 6.18. The maximum absolute atomic E-state index is 3.36. The third-order valence-corrected chi connectivity index (χ3v) is 4.41. The molecule has 0 bridgehead atoms. The molecule has 1 N–H and O–H groups in total. The zero-order chi connectivity index (χ0) is 13.8. The lowest BCUT2D eigenvalue weighted by Gasteiger charge is -2.07. The molecule has 21 heavy (non-hydrogen) atoms. The fourth-order valence-corrected chi connectivity index (χ4v) is 3.36. The molecule has 0 aliphatic rings. The standard InChI is InChI=1S/C20H13N/c1-2-4-15-12-19-16(11-14(15)3-1)6-8-18-17(19)7-5-13-9-10-21-20(13)18/h1-12,21H. The third-order valence-electron chi connectivity index (χ3n) is 4.41. The molecule has 0 spiro atoms. The minimum atomic E-state index is 1.22. The van der Waals surface area contributed by atoms with Gasteiger partial charge in [-0.3, -0.25) is 0 Å². The van der Waals surface area contributed by atoms with E-state index in [1.807, 2.05) is 6.20 Å². The van der Waals surface area contributed by atoms with Crippen molar-refractivity contribution in [1.82, 2.24) is 4.98 Å². The Bertz CT molecular complexity index is 1130. The van der Waals surface area contributed by atoms with Crippen LogP contribution in [-0.4, -0.2) is 4.98 Å². The molecule has 5 aromatic rings. The third kappa shape index (κ3) is 1.46.